The van der Waals surface area contributed by atoms with E-state index in [1.807, 2.05) is 7.11 Å². The van der Waals surface area contributed by atoms with Gasteiger partial charge in [-0.15, -0.1) is 0 Å². The van der Waals surface area contributed by atoms with Crippen molar-refractivity contribution < 1.29 is 9.47 Å². The number of hydrogen-bond acceptors (Lipinski definition) is 3. The van der Waals surface area contributed by atoms with E-state index in [0.717, 1.165) is 25.4 Å². The van der Waals surface area contributed by atoms with Crippen molar-refractivity contribution in [3.05, 3.63) is 0 Å². The zero-order valence-corrected chi connectivity index (χ0v) is 12.3. The van der Waals surface area contributed by atoms with Crippen LogP contribution in [0, 0.1) is 5.92 Å². The zero-order chi connectivity index (χ0) is 13.1. The number of rotatable bonds is 3. The molecule has 3 aliphatic rings. The molecule has 1 spiro atoms. The first-order valence-corrected chi connectivity index (χ1v) is 8.24. The third-order valence-electron chi connectivity index (χ3n) is 5.46. The third kappa shape index (κ3) is 2.98. The van der Waals surface area contributed by atoms with Crippen molar-refractivity contribution >= 4 is 0 Å². The van der Waals surface area contributed by atoms with Gasteiger partial charge in [0, 0.05) is 20.2 Å². The van der Waals surface area contributed by atoms with Gasteiger partial charge in [0.25, 0.3) is 0 Å². The van der Waals surface area contributed by atoms with Crippen molar-refractivity contribution in [3.63, 3.8) is 0 Å². The van der Waals surface area contributed by atoms with E-state index in [1.165, 1.54) is 51.4 Å². The predicted molar refractivity (Wildman–Crippen MR) is 76.3 cm³/mol. The Hall–Kier alpha value is -0.120. The fourth-order valence-electron chi connectivity index (χ4n) is 4.46. The highest BCUT2D eigenvalue weighted by atomic mass is 16.6. The summed E-state index contributed by atoms with van der Waals surface area (Å²) in [4.78, 5) is 0. The van der Waals surface area contributed by atoms with Gasteiger partial charge in [-0.3, -0.25) is 0 Å². The van der Waals surface area contributed by atoms with E-state index in [1.54, 1.807) is 0 Å². The third-order valence-corrected chi connectivity index (χ3v) is 5.46. The summed E-state index contributed by atoms with van der Waals surface area (Å²) in [6.45, 7) is 2.02. The summed E-state index contributed by atoms with van der Waals surface area (Å²) in [6, 6.07) is 0. The van der Waals surface area contributed by atoms with Gasteiger partial charge in [0.05, 0.1) is 12.2 Å². The van der Waals surface area contributed by atoms with Gasteiger partial charge in [0.1, 0.15) is 5.60 Å². The molecule has 0 aromatic rings. The molecule has 1 aliphatic heterocycles. The van der Waals surface area contributed by atoms with Crippen molar-refractivity contribution in [2.75, 3.05) is 20.2 Å². The smallest absolute Gasteiger partial charge is 0.107 e. The molecule has 0 radical (unpaired) electrons. The van der Waals surface area contributed by atoms with Crippen LogP contribution in [0.4, 0.5) is 0 Å². The summed E-state index contributed by atoms with van der Waals surface area (Å²) < 4.78 is 12.3. The Morgan fingerprint density at radius 1 is 1.16 bits per heavy atom. The Morgan fingerprint density at radius 3 is 2.74 bits per heavy atom. The summed E-state index contributed by atoms with van der Waals surface area (Å²) in [6.07, 6.45) is 12.6. The minimum atomic E-state index is -0.0332. The van der Waals surface area contributed by atoms with Crippen LogP contribution in [0.1, 0.15) is 57.8 Å². The van der Waals surface area contributed by atoms with Crippen LogP contribution in [-0.4, -0.2) is 38.0 Å². The first-order chi connectivity index (χ1) is 9.32. The molecule has 0 amide bonds. The van der Waals surface area contributed by atoms with Gasteiger partial charge >= 0.3 is 0 Å². The second kappa shape index (κ2) is 6.11. The Balaban J connectivity index is 1.62. The minimum absolute atomic E-state index is 0.0332. The maximum atomic E-state index is 6.59. The molecule has 3 nitrogen and oxygen atoms in total. The van der Waals surface area contributed by atoms with Gasteiger partial charge in [0.15, 0.2) is 0 Å². The molecule has 3 heteroatoms. The minimum Gasteiger partial charge on any atom is -0.378 e. The molecule has 3 rings (SSSR count). The summed E-state index contributed by atoms with van der Waals surface area (Å²) in [7, 11) is 1.85. The van der Waals surface area contributed by atoms with E-state index in [0.29, 0.717) is 12.2 Å². The Labute approximate surface area is 117 Å². The highest BCUT2D eigenvalue weighted by Crippen LogP contribution is 2.38. The average Bonchev–Trinajstić information content (AvgIpc) is 2.92. The highest BCUT2D eigenvalue weighted by molar-refractivity contribution is 4.98. The molecule has 0 aromatic carbocycles. The summed E-state index contributed by atoms with van der Waals surface area (Å²) in [5.74, 6) is 0.909. The van der Waals surface area contributed by atoms with Crippen molar-refractivity contribution in [2.24, 2.45) is 5.92 Å². The Kier molecular flexibility index (Phi) is 4.45. The fourth-order valence-corrected chi connectivity index (χ4v) is 4.46. The van der Waals surface area contributed by atoms with E-state index in [9.17, 15) is 0 Å². The van der Waals surface area contributed by atoms with Crippen LogP contribution >= 0.6 is 0 Å². The van der Waals surface area contributed by atoms with E-state index >= 15 is 0 Å². The topological polar surface area (TPSA) is 30.5 Å². The molecule has 110 valence electrons. The molecule has 3 atom stereocenters. The van der Waals surface area contributed by atoms with E-state index in [4.69, 9.17) is 9.47 Å². The van der Waals surface area contributed by atoms with Crippen LogP contribution in [0.15, 0.2) is 0 Å². The lowest BCUT2D eigenvalue weighted by molar-refractivity contribution is -0.198. The monoisotopic (exact) mass is 267 g/mol. The molecular weight excluding hydrogens is 238 g/mol. The standard InChI is InChI=1S/C16H29NO2/c1-18-15-8-4-5-9-16(15)12-17-11-14(19-16)10-13-6-2-3-7-13/h13-15,17H,2-12H2,1H3. The zero-order valence-electron chi connectivity index (χ0n) is 12.3. The van der Waals surface area contributed by atoms with Gasteiger partial charge in [-0.05, 0) is 25.2 Å². The van der Waals surface area contributed by atoms with E-state index < -0.39 is 0 Å². The van der Waals surface area contributed by atoms with Crippen LogP contribution in [0.3, 0.4) is 0 Å². The second-order valence-corrected chi connectivity index (χ2v) is 6.79. The molecule has 0 aromatic heterocycles. The molecule has 1 heterocycles. The van der Waals surface area contributed by atoms with Crippen LogP contribution in [-0.2, 0) is 9.47 Å². The molecular formula is C16H29NO2. The lowest BCUT2D eigenvalue weighted by Crippen LogP contribution is -2.61. The maximum Gasteiger partial charge on any atom is 0.107 e. The first kappa shape index (κ1) is 13.8. The molecule has 3 unspecified atom stereocenters. The molecule has 1 N–H and O–H groups in total. The lowest BCUT2D eigenvalue weighted by atomic mass is 9.80. The van der Waals surface area contributed by atoms with Crippen molar-refractivity contribution in [2.45, 2.75) is 75.6 Å². The first-order valence-electron chi connectivity index (χ1n) is 8.24. The Morgan fingerprint density at radius 2 is 1.95 bits per heavy atom. The SMILES string of the molecule is COC1CCCCC12CNCC(CC1CCCC1)O2. The number of nitrogens with one attached hydrogen (secondary N) is 1. The fraction of sp³-hybridized carbons (Fsp3) is 1.00. The average molecular weight is 267 g/mol. The van der Waals surface area contributed by atoms with Gasteiger partial charge in [-0.25, -0.2) is 0 Å². The Bertz CT molecular complexity index is 286. The van der Waals surface area contributed by atoms with Crippen LogP contribution in [0.2, 0.25) is 0 Å². The summed E-state index contributed by atoms with van der Waals surface area (Å²) in [5, 5.41) is 3.63. The molecule has 1 saturated heterocycles. The van der Waals surface area contributed by atoms with Gasteiger partial charge < -0.3 is 14.8 Å². The molecule has 19 heavy (non-hydrogen) atoms. The number of hydrogen-bond donors (Lipinski definition) is 1. The van der Waals surface area contributed by atoms with Crippen molar-refractivity contribution in [1.82, 2.24) is 5.32 Å². The highest BCUT2D eigenvalue weighted by Gasteiger charge is 2.46. The number of morpholine rings is 1. The van der Waals surface area contributed by atoms with E-state index in [2.05, 4.69) is 5.32 Å². The second-order valence-electron chi connectivity index (χ2n) is 6.79. The lowest BCUT2D eigenvalue weighted by Gasteiger charge is -2.48. The van der Waals surface area contributed by atoms with Gasteiger partial charge in [-0.2, -0.15) is 0 Å². The largest absolute Gasteiger partial charge is 0.378 e. The van der Waals surface area contributed by atoms with Gasteiger partial charge in [0.2, 0.25) is 0 Å². The summed E-state index contributed by atoms with van der Waals surface area (Å²) in [5.41, 5.74) is -0.0332. The van der Waals surface area contributed by atoms with Crippen LogP contribution in [0.5, 0.6) is 0 Å². The van der Waals surface area contributed by atoms with Crippen molar-refractivity contribution in [1.29, 1.82) is 0 Å². The predicted octanol–water partition coefficient (Wildman–Crippen LogP) is 2.88. The van der Waals surface area contributed by atoms with Crippen LogP contribution in [0.25, 0.3) is 0 Å². The molecule has 3 fully saturated rings. The van der Waals surface area contributed by atoms with Crippen LogP contribution < -0.4 is 5.32 Å². The molecule has 0 bridgehead atoms. The normalized spacial score (nSPS) is 40.9. The number of methoxy groups -OCH3 is 1. The quantitative estimate of drug-likeness (QED) is 0.853. The summed E-state index contributed by atoms with van der Waals surface area (Å²) >= 11 is 0. The van der Waals surface area contributed by atoms with Gasteiger partial charge in [-0.1, -0.05) is 38.5 Å². The molecule has 2 saturated carbocycles. The van der Waals surface area contributed by atoms with E-state index in [-0.39, 0.29) is 5.60 Å². The maximum absolute atomic E-state index is 6.59. The number of ether oxygens (including phenoxy) is 2. The van der Waals surface area contributed by atoms with Crippen molar-refractivity contribution in [3.8, 4) is 0 Å². The molecule has 2 aliphatic carbocycles.